The van der Waals surface area contributed by atoms with Gasteiger partial charge < -0.3 is 10.5 Å². The van der Waals surface area contributed by atoms with Crippen LogP contribution < -0.4 is 5.73 Å². The molecule has 0 aromatic carbocycles. The van der Waals surface area contributed by atoms with E-state index >= 15 is 0 Å². The summed E-state index contributed by atoms with van der Waals surface area (Å²) in [5.74, 6) is 0.548. The van der Waals surface area contributed by atoms with Gasteiger partial charge in [-0.25, -0.2) is 4.98 Å². The van der Waals surface area contributed by atoms with Crippen LogP contribution in [0, 0.1) is 5.92 Å². The molecule has 76 valence electrons. The molecule has 0 bridgehead atoms. The number of nitrogens with zero attached hydrogens (tertiary/aromatic N) is 1. The van der Waals surface area contributed by atoms with Crippen molar-refractivity contribution in [3.63, 3.8) is 0 Å². The first-order chi connectivity index (χ1) is 6.84. The second kappa shape index (κ2) is 4.57. The molecule has 2 heterocycles. The van der Waals surface area contributed by atoms with Crippen LogP contribution in [0.1, 0.15) is 18.5 Å². The van der Waals surface area contributed by atoms with Gasteiger partial charge in [-0.15, -0.1) is 11.3 Å². The van der Waals surface area contributed by atoms with E-state index in [1.807, 2.05) is 11.5 Å². The van der Waals surface area contributed by atoms with Crippen LogP contribution in [0.3, 0.4) is 0 Å². The number of nitrogen functional groups attached to an aromatic ring is 1. The van der Waals surface area contributed by atoms with E-state index in [9.17, 15) is 0 Å². The fourth-order valence-corrected chi connectivity index (χ4v) is 2.06. The Morgan fingerprint density at radius 2 is 2.57 bits per heavy atom. The lowest BCUT2D eigenvalue weighted by Gasteiger charge is -2.18. The minimum atomic E-state index is 0.548. The summed E-state index contributed by atoms with van der Waals surface area (Å²) in [6.07, 6.45) is 6.59. The fraction of sp³-hybridized carbons (Fsp3) is 0.500. The monoisotopic (exact) mass is 210 g/mol. The Labute approximate surface area is 87.6 Å². The standard InChI is InChI=1S/C10H14N2OS/c11-10-12-9(7-14-10)4-3-8-2-1-5-13-6-8/h3-4,7-8H,1-2,5-6H2,(H2,11,12). The van der Waals surface area contributed by atoms with Crippen molar-refractivity contribution in [1.29, 1.82) is 0 Å². The summed E-state index contributed by atoms with van der Waals surface area (Å²) < 4.78 is 5.38. The fourth-order valence-electron chi connectivity index (χ4n) is 1.53. The second-order valence-electron chi connectivity index (χ2n) is 3.45. The lowest BCUT2D eigenvalue weighted by atomic mass is 10.0. The summed E-state index contributed by atoms with van der Waals surface area (Å²) in [7, 11) is 0. The molecule has 2 rings (SSSR count). The number of rotatable bonds is 2. The maximum atomic E-state index is 5.54. The maximum absolute atomic E-state index is 5.54. The summed E-state index contributed by atoms with van der Waals surface area (Å²) in [6, 6.07) is 0. The maximum Gasteiger partial charge on any atom is 0.180 e. The highest BCUT2D eigenvalue weighted by Gasteiger charge is 2.10. The van der Waals surface area contributed by atoms with Gasteiger partial charge in [-0.1, -0.05) is 6.08 Å². The molecule has 1 fully saturated rings. The van der Waals surface area contributed by atoms with Crippen LogP contribution >= 0.6 is 11.3 Å². The van der Waals surface area contributed by atoms with E-state index in [1.165, 1.54) is 17.8 Å². The van der Waals surface area contributed by atoms with Crippen LogP contribution in [0.25, 0.3) is 6.08 Å². The van der Waals surface area contributed by atoms with Crippen LogP contribution in [0.2, 0.25) is 0 Å². The minimum Gasteiger partial charge on any atom is -0.381 e. The van der Waals surface area contributed by atoms with E-state index in [1.54, 1.807) is 0 Å². The molecule has 0 spiro atoms. The first-order valence-electron chi connectivity index (χ1n) is 4.81. The van der Waals surface area contributed by atoms with Gasteiger partial charge >= 0.3 is 0 Å². The lowest BCUT2D eigenvalue weighted by Crippen LogP contribution is -2.14. The van der Waals surface area contributed by atoms with Gasteiger partial charge in [0.2, 0.25) is 0 Å². The van der Waals surface area contributed by atoms with E-state index < -0.39 is 0 Å². The van der Waals surface area contributed by atoms with Crippen molar-refractivity contribution < 1.29 is 4.74 Å². The summed E-state index contributed by atoms with van der Waals surface area (Å²) in [6.45, 7) is 1.75. The molecule has 1 aromatic heterocycles. The van der Waals surface area contributed by atoms with Crippen molar-refractivity contribution in [1.82, 2.24) is 4.98 Å². The van der Waals surface area contributed by atoms with Crippen LogP contribution in [-0.4, -0.2) is 18.2 Å². The number of anilines is 1. The minimum absolute atomic E-state index is 0.548. The van der Waals surface area contributed by atoms with Gasteiger partial charge in [-0.3, -0.25) is 0 Å². The van der Waals surface area contributed by atoms with Crippen molar-refractivity contribution in [3.05, 3.63) is 17.2 Å². The van der Waals surface area contributed by atoms with Gasteiger partial charge in [0.05, 0.1) is 12.3 Å². The van der Waals surface area contributed by atoms with Crippen LogP contribution in [0.5, 0.6) is 0 Å². The first kappa shape index (κ1) is 9.68. The molecule has 1 aromatic rings. The molecule has 4 heteroatoms. The predicted octanol–water partition coefficient (Wildman–Crippen LogP) is 2.17. The Bertz CT molecular complexity index is 316. The molecule has 2 N–H and O–H groups in total. The SMILES string of the molecule is Nc1nc(C=CC2CCCOC2)cs1. The zero-order valence-electron chi connectivity index (χ0n) is 7.98. The van der Waals surface area contributed by atoms with Crippen LogP contribution in [-0.2, 0) is 4.74 Å². The Morgan fingerprint density at radius 1 is 1.64 bits per heavy atom. The highest BCUT2D eigenvalue weighted by Crippen LogP contribution is 2.17. The topological polar surface area (TPSA) is 48.1 Å². The third kappa shape index (κ3) is 2.56. The lowest BCUT2D eigenvalue weighted by molar-refractivity contribution is 0.0713. The quantitative estimate of drug-likeness (QED) is 0.813. The Morgan fingerprint density at radius 3 is 3.21 bits per heavy atom. The zero-order valence-corrected chi connectivity index (χ0v) is 8.80. The molecule has 3 nitrogen and oxygen atoms in total. The smallest absolute Gasteiger partial charge is 0.180 e. The average Bonchev–Trinajstić information content (AvgIpc) is 2.63. The van der Waals surface area contributed by atoms with E-state index in [4.69, 9.17) is 10.5 Å². The second-order valence-corrected chi connectivity index (χ2v) is 4.34. The molecule has 0 saturated carbocycles. The summed E-state index contributed by atoms with van der Waals surface area (Å²) >= 11 is 1.48. The molecule has 1 aliphatic rings. The Hall–Kier alpha value is -0.870. The van der Waals surface area contributed by atoms with Gasteiger partial charge in [-0.2, -0.15) is 0 Å². The number of thiazole rings is 1. The normalized spacial score (nSPS) is 23.0. The number of aromatic nitrogens is 1. The van der Waals surface area contributed by atoms with Crippen molar-refractivity contribution in [3.8, 4) is 0 Å². The molecular weight excluding hydrogens is 196 g/mol. The largest absolute Gasteiger partial charge is 0.381 e. The van der Waals surface area contributed by atoms with Crippen LogP contribution in [0.15, 0.2) is 11.5 Å². The van der Waals surface area contributed by atoms with Crippen molar-refractivity contribution in [2.24, 2.45) is 5.92 Å². The molecule has 14 heavy (non-hydrogen) atoms. The molecule has 0 amide bonds. The summed E-state index contributed by atoms with van der Waals surface area (Å²) in [5, 5.41) is 2.60. The Balaban J connectivity index is 1.92. The van der Waals surface area contributed by atoms with E-state index in [-0.39, 0.29) is 0 Å². The number of hydrogen-bond acceptors (Lipinski definition) is 4. The van der Waals surface area contributed by atoms with Crippen molar-refractivity contribution in [2.75, 3.05) is 18.9 Å². The molecule has 1 aliphatic heterocycles. The highest BCUT2D eigenvalue weighted by molar-refractivity contribution is 7.13. The number of ether oxygens (including phenoxy) is 1. The number of hydrogen-bond donors (Lipinski definition) is 1. The summed E-state index contributed by atoms with van der Waals surface area (Å²) in [4.78, 5) is 4.16. The number of nitrogens with two attached hydrogens (primary N) is 1. The molecule has 1 saturated heterocycles. The van der Waals surface area contributed by atoms with E-state index in [0.29, 0.717) is 11.0 Å². The van der Waals surface area contributed by atoms with Gasteiger partial charge in [0.25, 0.3) is 0 Å². The third-order valence-electron chi connectivity index (χ3n) is 2.27. The predicted molar refractivity (Wildman–Crippen MR) is 59.1 cm³/mol. The zero-order chi connectivity index (χ0) is 9.80. The molecule has 1 unspecified atom stereocenters. The van der Waals surface area contributed by atoms with Gasteiger partial charge in [0.15, 0.2) is 5.13 Å². The first-order valence-corrected chi connectivity index (χ1v) is 5.69. The third-order valence-corrected chi connectivity index (χ3v) is 2.97. The van der Waals surface area contributed by atoms with Crippen molar-refractivity contribution >= 4 is 22.5 Å². The molecule has 0 aliphatic carbocycles. The van der Waals surface area contributed by atoms with Crippen LogP contribution in [0.4, 0.5) is 5.13 Å². The van der Waals surface area contributed by atoms with Gasteiger partial charge in [-0.05, 0) is 18.9 Å². The highest BCUT2D eigenvalue weighted by atomic mass is 32.1. The summed E-state index contributed by atoms with van der Waals surface area (Å²) in [5.41, 5.74) is 6.49. The van der Waals surface area contributed by atoms with Crippen molar-refractivity contribution in [2.45, 2.75) is 12.8 Å². The molecule has 0 radical (unpaired) electrons. The Kier molecular flexibility index (Phi) is 3.16. The molecule has 1 atom stereocenters. The van der Waals surface area contributed by atoms with Gasteiger partial charge in [0.1, 0.15) is 0 Å². The van der Waals surface area contributed by atoms with E-state index in [2.05, 4.69) is 11.1 Å². The van der Waals surface area contributed by atoms with E-state index in [0.717, 1.165) is 25.3 Å². The van der Waals surface area contributed by atoms with Gasteiger partial charge in [0, 0.05) is 17.9 Å². The average molecular weight is 210 g/mol. The molecular formula is C10H14N2OS.